The molecule has 0 atom stereocenters. The highest BCUT2D eigenvalue weighted by Crippen LogP contribution is 2.29. The highest BCUT2D eigenvalue weighted by atomic mass is 79.9. The zero-order chi connectivity index (χ0) is 14.9. The third-order valence-corrected chi connectivity index (χ3v) is 4.62. The molecule has 4 nitrogen and oxygen atoms in total. The summed E-state index contributed by atoms with van der Waals surface area (Å²) in [5, 5.41) is 7.00. The second kappa shape index (κ2) is 5.61. The minimum absolute atomic E-state index is 0.170. The van der Waals surface area contributed by atoms with Gasteiger partial charge < -0.3 is 5.32 Å². The zero-order valence-corrected chi connectivity index (χ0v) is 14.2. The molecule has 0 aliphatic carbocycles. The highest BCUT2D eigenvalue weighted by Gasteiger charge is 2.26. The first kappa shape index (κ1) is 15.1. The molecule has 1 amide bonds. The molecule has 2 aromatic rings. The second-order valence-corrected chi connectivity index (χ2v) is 7.14. The number of nitrogens with zero attached hydrogens (tertiary/aromatic N) is 2. The molecule has 0 saturated heterocycles. The van der Waals surface area contributed by atoms with E-state index < -0.39 is 0 Å². The van der Waals surface area contributed by atoms with Gasteiger partial charge in [0.2, 0.25) is 0 Å². The van der Waals surface area contributed by atoms with Crippen molar-refractivity contribution in [3.63, 3.8) is 0 Å². The lowest BCUT2D eigenvalue weighted by atomic mass is 9.91. The van der Waals surface area contributed by atoms with Gasteiger partial charge in [0.1, 0.15) is 4.88 Å². The fourth-order valence-electron chi connectivity index (χ4n) is 1.75. The molecule has 6 heteroatoms. The summed E-state index contributed by atoms with van der Waals surface area (Å²) in [6, 6.07) is 5.75. The van der Waals surface area contributed by atoms with Gasteiger partial charge in [-0.05, 0) is 46.0 Å². The molecule has 0 fully saturated rings. The summed E-state index contributed by atoms with van der Waals surface area (Å²) in [7, 11) is 0. The summed E-state index contributed by atoms with van der Waals surface area (Å²) in [5.41, 5.74) is 2.34. The van der Waals surface area contributed by atoms with Crippen LogP contribution in [-0.4, -0.2) is 15.5 Å². The van der Waals surface area contributed by atoms with E-state index in [9.17, 15) is 4.79 Å². The molecule has 20 heavy (non-hydrogen) atoms. The van der Waals surface area contributed by atoms with Crippen LogP contribution in [0, 0.1) is 6.92 Å². The van der Waals surface area contributed by atoms with Crippen molar-refractivity contribution in [3.8, 4) is 0 Å². The molecule has 2 rings (SSSR count). The summed E-state index contributed by atoms with van der Waals surface area (Å²) in [4.78, 5) is 13.0. The third-order valence-electron chi connectivity index (χ3n) is 2.84. The minimum Gasteiger partial charge on any atom is -0.320 e. The van der Waals surface area contributed by atoms with Gasteiger partial charge in [0, 0.05) is 9.89 Å². The van der Waals surface area contributed by atoms with E-state index in [2.05, 4.69) is 30.8 Å². The van der Waals surface area contributed by atoms with E-state index in [4.69, 9.17) is 0 Å². The quantitative estimate of drug-likeness (QED) is 0.881. The Kier molecular flexibility index (Phi) is 4.25. The Morgan fingerprint density at radius 2 is 2.05 bits per heavy atom. The molecule has 1 aromatic heterocycles. The lowest BCUT2D eigenvalue weighted by molar-refractivity contribution is 0.102. The predicted molar refractivity (Wildman–Crippen MR) is 85.4 cm³/mol. The number of halogens is 1. The molecule has 0 aliphatic rings. The first-order chi connectivity index (χ1) is 9.30. The zero-order valence-electron chi connectivity index (χ0n) is 11.8. The number of hydrogen-bond acceptors (Lipinski definition) is 4. The van der Waals surface area contributed by atoms with Crippen molar-refractivity contribution in [1.82, 2.24) is 9.59 Å². The fourth-order valence-corrected chi connectivity index (χ4v) is 2.89. The Bertz CT molecular complexity index is 646. The molecule has 1 aromatic carbocycles. The first-order valence-electron chi connectivity index (χ1n) is 6.20. The average Bonchev–Trinajstić information content (AvgIpc) is 2.84. The van der Waals surface area contributed by atoms with Crippen LogP contribution in [0.2, 0.25) is 0 Å². The Balaban J connectivity index is 2.30. The van der Waals surface area contributed by atoms with E-state index in [-0.39, 0.29) is 11.3 Å². The van der Waals surface area contributed by atoms with Gasteiger partial charge in [-0.2, -0.15) is 0 Å². The maximum Gasteiger partial charge on any atom is 0.269 e. The average molecular weight is 354 g/mol. The van der Waals surface area contributed by atoms with Crippen molar-refractivity contribution < 1.29 is 4.79 Å². The molecule has 1 N–H and O–H groups in total. The van der Waals surface area contributed by atoms with E-state index in [1.54, 1.807) is 0 Å². The number of nitrogens with one attached hydrogen (secondary N) is 1. The first-order valence-corrected chi connectivity index (χ1v) is 7.76. The topological polar surface area (TPSA) is 54.9 Å². The number of benzene rings is 1. The Morgan fingerprint density at radius 1 is 1.35 bits per heavy atom. The summed E-state index contributed by atoms with van der Waals surface area (Å²) >= 11 is 4.61. The molecule has 0 unspecified atom stereocenters. The van der Waals surface area contributed by atoms with Crippen molar-refractivity contribution in [2.75, 3.05) is 5.32 Å². The molecule has 1 heterocycles. The van der Waals surface area contributed by atoms with Crippen molar-refractivity contribution in [1.29, 1.82) is 0 Å². The standard InChI is InChI=1S/C14H16BrN3OS/c1-8-6-5-7-9(10(8)15)16-13(19)11-12(14(2,3)4)17-18-20-11/h5-7H,1-4H3,(H,16,19). The Morgan fingerprint density at radius 3 is 2.70 bits per heavy atom. The highest BCUT2D eigenvalue weighted by molar-refractivity contribution is 9.10. The summed E-state index contributed by atoms with van der Waals surface area (Å²) < 4.78 is 4.80. The van der Waals surface area contributed by atoms with Crippen molar-refractivity contribution in [2.24, 2.45) is 0 Å². The maximum atomic E-state index is 12.4. The number of aryl methyl sites for hydroxylation is 1. The van der Waals surface area contributed by atoms with Crippen LogP contribution >= 0.6 is 27.5 Å². The molecule has 106 valence electrons. The smallest absolute Gasteiger partial charge is 0.269 e. The van der Waals surface area contributed by atoms with Gasteiger partial charge in [0.25, 0.3) is 5.91 Å². The van der Waals surface area contributed by atoms with E-state index in [1.165, 1.54) is 0 Å². The molecule has 0 saturated carbocycles. The van der Waals surface area contributed by atoms with Crippen LogP contribution in [0.25, 0.3) is 0 Å². The molecule has 0 bridgehead atoms. The number of hydrogen-bond donors (Lipinski definition) is 1. The lowest BCUT2D eigenvalue weighted by Gasteiger charge is -2.16. The van der Waals surface area contributed by atoms with Crippen LogP contribution in [-0.2, 0) is 5.41 Å². The summed E-state index contributed by atoms with van der Waals surface area (Å²) in [6.07, 6.45) is 0. The molecule has 0 aliphatic heterocycles. The molecule has 0 radical (unpaired) electrons. The van der Waals surface area contributed by atoms with Crippen LogP contribution in [0.15, 0.2) is 22.7 Å². The monoisotopic (exact) mass is 353 g/mol. The summed E-state index contributed by atoms with van der Waals surface area (Å²) in [5.74, 6) is -0.170. The van der Waals surface area contributed by atoms with Gasteiger partial charge in [0.05, 0.1) is 11.4 Å². The predicted octanol–water partition coefficient (Wildman–Crippen LogP) is 4.16. The van der Waals surface area contributed by atoms with Gasteiger partial charge in [0.15, 0.2) is 0 Å². The van der Waals surface area contributed by atoms with Crippen LogP contribution in [0.1, 0.15) is 41.7 Å². The number of anilines is 1. The largest absolute Gasteiger partial charge is 0.320 e. The Hall–Kier alpha value is -1.27. The number of aromatic nitrogens is 2. The van der Waals surface area contributed by atoms with E-state index in [1.807, 2.05) is 45.9 Å². The van der Waals surface area contributed by atoms with E-state index >= 15 is 0 Å². The van der Waals surface area contributed by atoms with Gasteiger partial charge in [-0.1, -0.05) is 37.4 Å². The van der Waals surface area contributed by atoms with Crippen LogP contribution in [0.4, 0.5) is 5.69 Å². The number of carbonyl (C=O) groups is 1. The van der Waals surface area contributed by atoms with E-state index in [0.717, 1.165) is 32.9 Å². The normalized spacial score (nSPS) is 11.4. The third kappa shape index (κ3) is 3.07. The van der Waals surface area contributed by atoms with Crippen LogP contribution in [0.5, 0.6) is 0 Å². The van der Waals surface area contributed by atoms with Crippen LogP contribution < -0.4 is 5.32 Å². The van der Waals surface area contributed by atoms with Crippen molar-refractivity contribution in [2.45, 2.75) is 33.1 Å². The van der Waals surface area contributed by atoms with Gasteiger partial charge in [-0.3, -0.25) is 4.79 Å². The number of carbonyl (C=O) groups excluding carboxylic acids is 1. The van der Waals surface area contributed by atoms with Gasteiger partial charge >= 0.3 is 0 Å². The van der Waals surface area contributed by atoms with E-state index in [0.29, 0.717) is 4.88 Å². The fraction of sp³-hybridized carbons (Fsp3) is 0.357. The van der Waals surface area contributed by atoms with Crippen molar-refractivity contribution in [3.05, 3.63) is 38.8 Å². The number of rotatable bonds is 2. The van der Waals surface area contributed by atoms with Crippen LogP contribution in [0.3, 0.4) is 0 Å². The second-order valence-electron chi connectivity index (χ2n) is 5.59. The maximum absolute atomic E-state index is 12.4. The molecule has 0 spiro atoms. The molecular weight excluding hydrogens is 338 g/mol. The van der Waals surface area contributed by atoms with Crippen molar-refractivity contribution >= 4 is 39.1 Å². The van der Waals surface area contributed by atoms with Gasteiger partial charge in [-0.25, -0.2) is 0 Å². The SMILES string of the molecule is Cc1cccc(NC(=O)c2snnc2C(C)(C)C)c1Br. The van der Waals surface area contributed by atoms with Gasteiger partial charge in [-0.15, -0.1) is 5.10 Å². The Labute approximate surface area is 130 Å². The lowest BCUT2D eigenvalue weighted by Crippen LogP contribution is -2.20. The molecular formula is C14H16BrN3OS. The summed E-state index contributed by atoms with van der Waals surface area (Å²) in [6.45, 7) is 8.03. The number of amides is 1. The minimum atomic E-state index is -0.205.